The summed E-state index contributed by atoms with van der Waals surface area (Å²) in [6, 6.07) is 7.51. The first-order valence-corrected chi connectivity index (χ1v) is 6.72. The number of halogens is 1. The molecule has 1 aliphatic rings. The van der Waals surface area contributed by atoms with Gasteiger partial charge in [0, 0.05) is 12.1 Å². The fourth-order valence-corrected chi connectivity index (χ4v) is 2.55. The minimum Gasteiger partial charge on any atom is -0.395 e. The lowest BCUT2D eigenvalue weighted by molar-refractivity contribution is 0.169. The maximum Gasteiger partial charge on any atom is 0.123 e. The summed E-state index contributed by atoms with van der Waals surface area (Å²) in [6.07, 6.45) is 2.07. The molecule has 0 bridgehead atoms. The largest absolute Gasteiger partial charge is 0.395 e. The van der Waals surface area contributed by atoms with Gasteiger partial charge in [0.15, 0.2) is 0 Å². The predicted molar refractivity (Wildman–Crippen MR) is 71.0 cm³/mol. The highest BCUT2D eigenvalue weighted by atomic mass is 19.1. The fraction of sp³-hybridized carbons (Fsp3) is 0.600. The molecule has 1 atom stereocenters. The quantitative estimate of drug-likeness (QED) is 0.843. The Morgan fingerprint density at radius 1 is 1.39 bits per heavy atom. The summed E-state index contributed by atoms with van der Waals surface area (Å²) in [4.78, 5) is 0. The van der Waals surface area contributed by atoms with Crippen molar-refractivity contribution in [2.24, 2.45) is 5.92 Å². The molecule has 0 spiro atoms. The molecule has 0 saturated heterocycles. The van der Waals surface area contributed by atoms with Gasteiger partial charge in [0.25, 0.3) is 0 Å². The Kier molecular flexibility index (Phi) is 4.36. The highest BCUT2D eigenvalue weighted by molar-refractivity contribution is 5.23. The van der Waals surface area contributed by atoms with Gasteiger partial charge < -0.3 is 10.4 Å². The third-order valence-corrected chi connectivity index (χ3v) is 3.91. The second-order valence-electron chi connectivity index (χ2n) is 5.62. The second kappa shape index (κ2) is 5.81. The lowest BCUT2D eigenvalue weighted by Crippen LogP contribution is -2.49. The Hall–Kier alpha value is -0.930. The lowest BCUT2D eigenvalue weighted by Gasteiger charge is -2.39. The Morgan fingerprint density at radius 2 is 2.11 bits per heavy atom. The molecular weight excluding hydrogens is 229 g/mol. The Balaban J connectivity index is 1.83. The summed E-state index contributed by atoms with van der Waals surface area (Å²) in [5.74, 6) is 0.743. The van der Waals surface area contributed by atoms with E-state index in [1.807, 2.05) is 6.07 Å². The van der Waals surface area contributed by atoms with Crippen LogP contribution in [0.4, 0.5) is 4.39 Å². The molecule has 18 heavy (non-hydrogen) atoms. The van der Waals surface area contributed by atoms with Crippen molar-refractivity contribution in [3.63, 3.8) is 0 Å². The van der Waals surface area contributed by atoms with Gasteiger partial charge in [-0.2, -0.15) is 0 Å². The van der Waals surface area contributed by atoms with E-state index in [9.17, 15) is 9.50 Å². The molecule has 100 valence electrons. The van der Waals surface area contributed by atoms with Gasteiger partial charge in [-0.3, -0.25) is 0 Å². The van der Waals surface area contributed by atoms with Crippen LogP contribution in [0.5, 0.6) is 0 Å². The zero-order valence-electron chi connectivity index (χ0n) is 11.1. The van der Waals surface area contributed by atoms with Crippen molar-refractivity contribution in [2.75, 3.05) is 6.61 Å². The molecular formula is C15H22FNO. The molecule has 0 unspecified atom stereocenters. The molecule has 0 aromatic heterocycles. The minimum absolute atomic E-state index is 0.153. The molecule has 0 heterocycles. The van der Waals surface area contributed by atoms with Crippen molar-refractivity contribution in [2.45, 2.75) is 44.7 Å². The van der Waals surface area contributed by atoms with Crippen LogP contribution in [-0.4, -0.2) is 23.8 Å². The molecule has 2 N–H and O–H groups in total. The van der Waals surface area contributed by atoms with Crippen LogP contribution in [-0.2, 0) is 0 Å². The van der Waals surface area contributed by atoms with Gasteiger partial charge in [-0.25, -0.2) is 4.39 Å². The SMILES string of the molecule is CC(C)[C@@H](CO)NC1CC(c2cccc(F)c2)C1. The Bertz CT molecular complexity index is 388. The second-order valence-corrected chi connectivity index (χ2v) is 5.62. The van der Waals surface area contributed by atoms with Gasteiger partial charge in [0.1, 0.15) is 5.82 Å². The van der Waals surface area contributed by atoms with Crippen molar-refractivity contribution in [1.29, 1.82) is 0 Å². The van der Waals surface area contributed by atoms with Gasteiger partial charge >= 0.3 is 0 Å². The average Bonchev–Trinajstić information content (AvgIpc) is 2.27. The van der Waals surface area contributed by atoms with Crippen molar-refractivity contribution in [3.05, 3.63) is 35.6 Å². The summed E-state index contributed by atoms with van der Waals surface area (Å²) in [5.41, 5.74) is 1.10. The minimum atomic E-state index is -0.153. The molecule has 0 amide bonds. The summed E-state index contributed by atoms with van der Waals surface area (Å²) >= 11 is 0. The first kappa shape index (κ1) is 13.5. The maximum atomic E-state index is 13.1. The molecule has 1 aromatic rings. The number of hydrogen-bond acceptors (Lipinski definition) is 2. The molecule has 1 fully saturated rings. The molecule has 2 nitrogen and oxygen atoms in total. The van der Waals surface area contributed by atoms with E-state index < -0.39 is 0 Å². The van der Waals surface area contributed by atoms with Crippen LogP contribution in [0.15, 0.2) is 24.3 Å². The van der Waals surface area contributed by atoms with E-state index in [0.29, 0.717) is 17.9 Å². The third kappa shape index (κ3) is 3.09. The van der Waals surface area contributed by atoms with Crippen molar-refractivity contribution in [1.82, 2.24) is 5.32 Å². The van der Waals surface area contributed by atoms with Crippen LogP contribution in [0.25, 0.3) is 0 Å². The third-order valence-electron chi connectivity index (χ3n) is 3.91. The van der Waals surface area contributed by atoms with Crippen LogP contribution >= 0.6 is 0 Å². The van der Waals surface area contributed by atoms with E-state index >= 15 is 0 Å². The average molecular weight is 251 g/mol. The normalized spacial score (nSPS) is 24.9. The zero-order valence-corrected chi connectivity index (χ0v) is 11.1. The number of aliphatic hydroxyl groups is 1. The van der Waals surface area contributed by atoms with Crippen LogP contribution in [0.2, 0.25) is 0 Å². The summed E-state index contributed by atoms with van der Waals surface area (Å²) in [6.45, 7) is 4.39. The van der Waals surface area contributed by atoms with E-state index in [0.717, 1.165) is 18.4 Å². The molecule has 3 heteroatoms. The molecule has 0 radical (unpaired) electrons. The Morgan fingerprint density at radius 3 is 2.67 bits per heavy atom. The van der Waals surface area contributed by atoms with Gasteiger partial charge in [-0.15, -0.1) is 0 Å². The topological polar surface area (TPSA) is 32.3 Å². The summed E-state index contributed by atoms with van der Waals surface area (Å²) < 4.78 is 13.1. The van der Waals surface area contributed by atoms with Crippen LogP contribution in [0.3, 0.4) is 0 Å². The highest BCUT2D eigenvalue weighted by Crippen LogP contribution is 2.37. The zero-order chi connectivity index (χ0) is 13.1. The number of nitrogens with one attached hydrogen (secondary N) is 1. The van der Waals surface area contributed by atoms with Gasteiger partial charge in [0.2, 0.25) is 0 Å². The number of benzene rings is 1. The molecule has 1 saturated carbocycles. The lowest BCUT2D eigenvalue weighted by atomic mass is 9.75. The van der Waals surface area contributed by atoms with E-state index in [-0.39, 0.29) is 18.5 Å². The van der Waals surface area contributed by atoms with Crippen molar-refractivity contribution >= 4 is 0 Å². The number of rotatable bonds is 5. The van der Waals surface area contributed by atoms with Gasteiger partial charge in [0.05, 0.1) is 6.61 Å². The van der Waals surface area contributed by atoms with Crippen LogP contribution in [0, 0.1) is 11.7 Å². The van der Waals surface area contributed by atoms with E-state index in [1.165, 1.54) is 6.07 Å². The number of aliphatic hydroxyl groups excluding tert-OH is 1. The maximum absolute atomic E-state index is 13.1. The first-order valence-electron chi connectivity index (χ1n) is 6.72. The van der Waals surface area contributed by atoms with Crippen molar-refractivity contribution in [3.8, 4) is 0 Å². The van der Waals surface area contributed by atoms with E-state index in [1.54, 1.807) is 12.1 Å². The fourth-order valence-electron chi connectivity index (χ4n) is 2.55. The molecule has 1 aliphatic carbocycles. The molecule has 0 aliphatic heterocycles. The van der Waals surface area contributed by atoms with Crippen LogP contribution < -0.4 is 5.32 Å². The van der Waals surface area contributed by atoms with Gasteiger partial charge in [-0.05, 0) is 42.4 Å². The monoisotopic (exact) mass is 251 g/mol. The van der Waals surface area contributed by atoms with E-state index in [4.69, 9.17) is 0 Å². The predicted octanol–water partition coefficient (Wildman–Crippen LogP) is 2.68. The molecule has 1 aromatic carbocycles. The van der Waals surface area contributed by atoms with Crippen molar-refractivity contribution < 1.29 is 9.50 Å². The smallest absolute Gasteiger partial charge is 0.123 e. The first-order chi connectivity index (χ1) is 8.60. The van der Waals surface area contributed by atoms with Crippen LogP contribution in [0.1, 0.15) is 38.2 Å². The van der Waals surface area contributed by atoms with Gasteiger partial charge in [-0.1, -0.05) is 26.0 Å². The highest BCUT2D eigenvalue weighted by Gasteiger charge is 2.32. The standard InChI is InChI=1S/C15H22FNO/c1-10(2)15(9-18)17-14-7-12(8-14)11-4-3-5-13(16)6-11/h3-6,10,12,14-15,17-18H,7-9H2,1-2H3/t12?,14?,15-/m1/s1. The molecule has 2 rings (SSSR count). The number of hydrogen-bond donors (Lipinski definition) is 2. The Labute approximate surface area is 108 Å². The van der Waals surface area contributed by atoms with E-state index in [2.05, 4.69) is 19.2 Å². The summed E-state index contributed by atoms with van der Waals surface area (Å²) in [5, 5.41) is 12.7. The summed E-state index contributed by atoms with van der Waals surface area (Å²) in [7, 11) is 0.